The van der Waals surface area contributed by atoms with E-state index >= 15 is 0 Å². The fourth-order valence-electron chi connectivity index (χ4n) is 4.39. The number of para-hydroxylation sites is 1. The van der Waals surface area contributed by atoms with E-state index in [4.69, 9.17) is 19.0 Å². The second-order valence-electron chi connectivity index (χ2n) is 10.1. The summed E-state index contributed by atoms with van der Waals surface area (Å²) in [7, 11) is -3.88. The van der Waals surface area contributed by atoms with Crippen LogP contribution in [-0.2, 0) is 28.9 Å². The Balaban J connectivity index is 1.62. The maximum absolute atomic E-state index is 14.1. The molecular weight excluding hydrogens is 470 g/mol. The van der Waals surface area contributed by atoms with Gasteiger partial charge in [-0.3, -0.25) is 9.63 Å². The van der Waals surface area contributed by atoms with E-state index in [2.05, 4.69) is 5.48 Å². The van der Waals surface area contributed by atoms with Gasteiger partial charge < -0.3 is 14.2 Å². The molecule has 2 aromatic rings. The van der Waals surface area contributed by atoms with Crippen molar-refractivity contribution in [1.29, 1.82) is 0 Å². The molecule has 8 nitrogen and oxygen atoms in total. The van der Waals surface area contributed by atoms with Crippen molar-refractivity contribution >= 4 is 15.6 Å². The van der Waals surface area contributed by atoms with Crippen LogP contribution in [0.25, 0.3) is 0 Å². The molecule has 1 aliphatic heterocycles. The van der Waals surface area contributed by atoms with Crippen molar-refractivity contribution < 1.29 is 32.3 Å². The average Bonchev–Trinajstić information content (AvgIpc) is 3.29. The number of ether oxygens (including phenoxy) is 3. The van der Waals surface area contributed by atoms with E-state index in [1.54, 1.807) is 24.3 Å². The van der Waals surface area contributed by atoms with E-state index in [-0.39, 0.29) is 42.8 Å². The molecule has 2 aromatic carbocycles. The van der Waals surface area contributed by atoms with Gasteiger partial charge in [0.25, 0.3) is 5.91 Å². The predicted molar refractivity (Wildman–Crippen MR) is 130 cm³/mol. The lowest BCUT2D eigenvalue weighted by Crippen LogP contribution is -2.57. The molecule has 1 aliphatic carbocycles. The molecule has 0 aromatic heterocycles. The van der Waals surface area contributed by atoms with Crippen LogP contribution in [0.15, 0.2) is 59.5 Å². The lowest BCUT2D eigenvalue weighted by molar-refractivity contribution is -0.280. The molecule has 0 atom stereocenters. The van der Waals surface area contributed by atoms with E-state index in [0.29, 0.717) is 24.7 Å². The molecule has 0 bridgehead atoms. The first-order valence-corrected chi connectivity index (χ1v) is 13.3. The highest BCUT2D eigenvalue weighted by atomic mass is 32.2. The minimum Gasteiger partial charge on any atom is -0.457 e. The Hall–Kier alpha value is -2.30. The fraction of sp³-hybridized carbons (Fsp3) is 0.500. The van der Waals surface area contributed by atoms with Crippen LogP contribution in [0.2, 0.25) is 0 Å². The average molecular weight is 504 g/mol. The summed E-state index contributed by atoms with van der Waals surface area (Å²) in [5.41, 5.74) is 2.31. The van der Waals surface area contributed by atoms with Crippen molar-refractivity contribution in [1.82, 2.24) is 5.48 Å². The Labute approximate surface area is 206 Å². The molecule has 1 saturated heterocycles. The number of ketones is 1. The summed E-state index contributed by atoms with van der Waals surface area (Å²) in [6.07, 6.45) is 0.730. The summed E-state index contributed by atoms with van der Waals surface area (Å²) >= 11 is 0. The minimum atomic E-state index is -3.88. The van der Waals surface area contributed by atoms with Gasteiger partial charge in [0.15, 0.2) is 9.84 Å². The molecule has 1 N–H and O–H groups in total. The number of carbonyl (C=O) groups is 1. The smallest absolute Gasteiger partial charge is 0.251 e. The van der Waals surface area contributed by atoms with Crippen molar-refractivity contribution in [3.8, 4) is 11.5 Å². The van der Waals surface area contributed by atoms with E-state index in [0.717, 1.165) is 0 Å². The number of hydrogen-bond donors (Lipinski definition) is 1. The number of sulfone groups is 1. The lowest BCUT2D eigenvalue weighted by Gasteiger charge is -2.42. The van der Waals surface area contributed by atoms with Gasteiger partial charge in [-0.05, 0) is 70.0 Å². The van der Waals surface area contributed by atoms with Crippen molar-refractivity contribution in [3.63, 3.8) is 0 Å². The Morgan fingerprint density at radius 2 is 1.49 bits per heavy atom. The quantitative estimate of drug-likeness (QED) is 0.524. The first-order valence-electron chi connectivity index (χ1n) is 11.9. The van der Waals surface area contributed by atoms with Gasteiger partial charge in [-0.1, -0.05) is 18.2 Å². The van der Waals surface area contributed by atoms with E-state index in [1.807, 2.05) is 51.1 Å². The molecule has 4 rings (SSSR count). The van der Waals surface area contributed by atoms with Crippen molar-refractivity contribution in [2.24, 2.45) is 0 Å². The molecule has 2 fully saturated rings. The fourth-order valence-corrected chi connectivity index (χ4v) is 6.51. The molecule has 0 unspecified atom stereocenters. The molecule has 190 valence electrons. The van der Waals surface area contributed by atoms with Crippen LogP contribution in [0, 0.1) is 0 Å². The van der Waals surface area contributed by atoms with Gasteiger partial charge in [-0.25, -0.2) is 8.42 Å². The van der Waals surface area contributed by atoms with Crippen molar-refractivity contribution in [2.45, 2.75) is 74.0 Å². The standard InChI is InChI=1S/C26H33NO7S/c1-24(2,3)34-27-26(31-17-18-32-26)19-25(15-13-20(28)14-16-25)35(29,30)23-11-9-22(10-12-23)33-21-7-5-4-6-8-21/h4-12,27H,13-19H2,1-3H3. The summed E-state index contributed by atoms with van der Waals surface area (Å²) in [6.45, 7) is 6.22. The highest BCUT2D eigenvalue weighted by Crippen LogP contribution is 2.45. The zero-order valence-corrected chi connectivity index (χ0v) is 21.2. The third-order valence-electron chi connectivity index (χ3n) is 6.22. The highest BCUT2D eigenvalue weighted by molar-refractivity contribution is 7.92. The Kier molecular flexibility index (Phi) is 7.36. The zero-order chi connectivity index (χ0) is 25.2. The van der Waals surface area contributed by atoms with Gasteiger partial charge in [0, 0.05) is 19.3 Å². The Bertz CT molecular complexity index is 1110. The van der Waals surface area contributed by atoms with Gasteiger partial charge in [-0.15, -0.1) is 5.48 Å². The van der Waals surface area contributed by atoms with Gasteiger partial charge >= 0.3 is 0 Å². The summed E-state index contributed by atoms with van der Waals surface area (Å²) in [6, 6.07) is 15.6. The molecule has 35 heavy (non-hydrogen) atoms. The van der Waals surface area contributed by atoms with Crippen LogP contribution in [-0.4, -0.2) is 43.7 Å². The van der Waals surface area contributed by atoms with Crippen LogP contribution < -0.4 is 10.2 Å². The van der Waals surface area contributed by atoms with Gasteiger partial charge in [0.1, 0.15) is 17.3 Å². The molecule has 0 radical (unpaired) electrons. The van der Waals surface area contributed by atoms with Crippen LogP contribution in [0.4, 0.5) is 0 Å². The van der Waals surface area contributed by atoms with E-state index in [9.17, 15) is 13.2 Å². The summed E-state index contributed by atoms with van der Waals surface area (Å²) in [5, 5.41) is 0. The van der Waals surface area contributed by atoms with Crippen LogP contribution in [0.5, 0.6) is 11.5 Å². The number of hydrogen-bond acceptors (Lipinski definition) is 8. The normalized spacial score (nSPS) is 20.0. The second kappa shape index (κ2) is 9.99. The monoisotopic (exact) mass is 503 g/mol. The molecular formula is C26H33NO7S. The van der Waals surface area contributed by atoms with Crippen molar-refractivity contribution in [2.75, 3.05) is 13.2 Å². The first-order chi connectivity index (χ1) is 16.5. The zero-order valence-electron chi connectivity index (χ0n) is 20.4. The van der Waals surface area contributed by atoms with Crippen LogP contribution in [0.1, 0.15) is 52.9 Å². The Morgan fingerprint density at radius 3 is 2.06 bits per heavy atom. The molecule has 0 amide bonds. The van der Waals surface area contributed by atoms with Crippen LogP contribution >= 0.6 is 0 Å². The van der Waals surface area contributed by atoms with E-state index in [1.165, 1.54) is 0 Å². The number of rotatable bonds is 8. The summed E-state index contributed by atoms with van der Waals surface area (Å²) < 4.78 is 44.5. The van der Waals surface area contributed by atoms with Crippen molar-refractivity contribution in [3.05, 3.63) is 54.6 Å². The summed E-state index contributed by atoms with van der Waals surface area (Å²) in [4.78, 5) is 18.0. The second-order valence-corrected chi connectivity index (χ2v) is 12.4. The largest absolute Gasteiger partial charge is 0.457 e. The maximum atomic E-state index is 14.1. The SMILES string of the molecule is CC(C)(C)ONC1(CC2(S(=O)(=O)c3ccc(Oc4ccccc4)cc3)CCC(=O)CC2)OCCO1. The number of carbonyl (C=O) groups excluding carboxylic acids is 1. The highest BCUT2D eigenvalue weighted by Gasteiger charge is 2.54. The minimum absolute atomic E-state index is 0.00599. The summed E-state index contributed by atoms with van der Waals surface area (Å²) in [5.74, 6) is -0.171. The molecule has 2 aliphatic rings. The Morgan fingerprint density at radius 1 is 0.914 bits per heavy atom. The topological polar surface area (TPSA) is 100 Å². The maximum Gasteiger partial charge on any atom is 0.251 e. The predicted octanol–water partition coefficient (Wildman–Crippen LogP) is 4.54. The number of benzene rings is 2. The van der Waals surface area contributed by atoms with Gasteiger partial charge in [0.2, 0.25) is 0 Å². The van der Waals surface area contributed by atoms with Gasteiger partial charge in [-0.2, -0.15) is 0 Å². The number of nitrogens with one attached hydrogen (secondary N) is 1. The molecule has 9 heteroatoms. The molecule has 1 saturated carbocycles. The first kappa shape index (κ1) is 25.8. The van der Waals surface area contributed by atoms with Gasteiger partial charge in [0.05, 0.1) is 28.5 Å². The number of Topliss-reactive ketones (excluding diaryl/α,β-unsaturated/α-hetero) is 1. The van der Waals surface area contributed by atoms with E-state index < -0.39 is 26.1 Å². The number of hydroxylamine groups is 1. The molecule has 1 heterocycles. The lowest BCUT2D eigenvalue weighted by atomic mass is 9.84. The third-order valence-corrected chi connectivity index (χ3v) is 8.81. The van der Waals surface area contributed by atoms with Crippen LogP contribution in [0.3, 0.4) is 0 Å². The third kappa shape index (κ3) is 5.92. The molecule has 0 spiro atoms.